The maximum Gasteiger partial charge on any atom is 0.275 e. The van der Waals surface area contributed by atoms with Crippen LogP contribution in [0.4, 0.5) is 5.69 Å². The third kappa shape index (κ3) is 6.17. The second kappa shape index (κ2) is 8.99. The van der Waals surface area contributed by atoms with E-state index >= 15 is 0 Å². The van der Waals surface area contributed by atoms with Crippen molar-refractivity contribution in [2.45, 2.75) is 6.42 Å². The summed E-state index contributed by atoms with van der Waals surface area (Å²) in [7, 11) is -3.08. The van der Waals surface area contributed by atoms with E-state index in [1.165, 1.54) is 11.3 Å². The van der Waals surface area contributed by atoms with Gasteiger partial charge in [-0.3, -0.25) is 4.79 Å². The molecule has 0 saturated carbocycles. The van der Waals surface area contributed by atoms with Crippen LogP contribution in [0.2, 0.25) is 0 Å². The highest BCUT2D eigenvalue weighted by atomic mass is 32.2. The minimum atomic E-state index is -3.08. The molecule has 8 heteroatoms. The Kier molecular flexibility index (Phi) is 6.43. The Labute approximate surface area is 168 Å². The Balaban J connectivity index is 1.59. The van der Waals surface area contributed by atoms with Gasteiger partial charge in [0.15, 0.2) is 9.84 Å². The highest BCUT2D eigenvalue weighted by Crippen LogP contribution is 2.19. The molecule has 0 aliphatic heterocycles. The Morgan fingerprint density at radius 3 is 2.68 bits per heavy atom. The van der Waals surface area contributed by atoms with Crippen molar-refractivity contribution in [1.29, 1.82) is 0 Å². The normalized spacial score (nSPS) is 11.2. The van der Waals surface area contributed by atoms with Gasteiger partial charge in [-0.15, -0.1) is 11.3 Å². The molecule has 1 amide bonds. The molecule has 28 heavy (non-hydrogen) atoms. The van der Waals surface area contributed by atoms with Gasteiger partial charge in [0.05, 0.1) is 10.8 Å². The van der Waals surface area contributed by atoms with E-state index in [1.807, 2.05) is 30.3 Å². The molecule has 0 fully saturated rings. The predicted octanol–water partition coefficient (Wildman–Crippen LogP) is 3.41. The molecule has 0 unspecified atom stereocenters. The number of carbonyl (C=O) groups excluding carboxylic acids is 1. The van der Waals surface area contributed by atoms with Gasteiger partial charge in [0.2, 0.25) is 0 Å². The van der Waals surface area contributed by atoms with Gasteiger partial charge >= 0.3 is 0 Å². The number of thiazole rings is 1. The van der Waals surface area contributed by atoms with Gasteiger partial charge in [-0.25, -0.2) is 13.4 Å². The number of nitrogens with one attached hydrogen (secondary N) is 1. The van der Waals surface area contributed by atoms with E-state index in [2.05, 4.69) is 10.3 Å². The van der Waals surface area contributed by atoms with Crippen LogP contribution < -0.4 is 10.1 Å². The largest absolute Gasteiger partial charge is 0.492 e. The summed E-state index contributed by atoms with van der Waals surface area (Å²) in [6.45, 7) is 0.0607. The molecule has 1 N–H and O–H groups in total. The minimum Gasteiger partial charge on any atom is -0.492 e. The Morgan fingerprint density at radius 2 is 1.93 bits per heavy atom. The smallest absolute Gasteiger partial charge is 0.275 e. The van der Waals surface area contributed by atoms with Crippen molar-refractivity contribution in [3.63, 3.8) is 0 Å². The number of aromatic nitrogens is 1. The highest BCUT2D eigenvalue weighted by Gasteiger charge is 2.12. The fourth-order valence-electron chi connectivity index (χ4n) is 2.44. The summed E-state index contributed by atoms with van der Waals surface area (Å²) in [4.78, 5) is 16.9. The summed E-state index contributed by atoms with van der Waals surface area (Å²) in [6.07, 6.45) is 1.84. The summed E-state index contributed by atoms with van der Waals surface area (Å²) in [6, 6.07) is 16.8. The lowest BCUT2D eigenvalue weighted by atomic mass is 10.2. The van der Waals surface area contributed by atoms with Crippen molar-refractivity contribution in [2.24, 2.45) is 0 Å². The fourth-order valence-corrected chi connectivity index (χ4v) is 3.63. The van der Waals surface area contributed by atoms with Crippen LogP contribution in [0.3, 0.4) is 0 Å². The first-order valence-electron chi connectivity index (χ1n) is 8.59. The number of anilines is 1. The quantitative estimate of drug-likeness (QED) is 0.608. The van der Waals surface area contributed by atoms with E-state index < -0.39 is 9.84 Å². The van der Waals surface area contributed by atoms with Crippen LogP contribution in [0.15, 0.2) is 60.0 Å². The molecular formula is C20H20N2O4S2. The lowest BCUT2D eigenvalue weighted by Gasteiger charge is -2.08. The van der Waals surface area contributed by atoms with Crippen LogP contribution >= 0.6 is 11.3 Å². The monoisotopic (exact) mass is 416 g/mol. The standard InChI is InChI=1S/C20H20N2O4S2/c1-28(24,25)11-10-26-17-9-5-8-16(13-17)21-20(23)18-14-27-19(22-18)12-15-6-3-2-4-7-15/h2-9,13-14H,10-12H2,1H3,(H,21,23). The molecule has 6 nitrogen and oxygen atoms in total. The van der Waals surface area contributed by atoms with E-state index in [1.54, 1.807) is 29.6 Å². The molecule has 1 heterocycles. The third-order valence-electron chi connectivity index (χ3n) is 3.80. The van der Waals surface area contributed by atoms with Crippen LogP contribution in [0, 0.1) is 0 Å². The van der Waals surface area contributed by atoms with Gasteiger partial charge in [0, 0.05) is 29.8 Å². The first kappa shape index (κ1) is 20.0. The van der Waals surface area contributed by atoms with Crippen LogP contribution in [0.25, 0.3) is 0 Å². The van der Waals surface area contributed by atoms with E-state index in [0.29, 0.717) is 23.6 Å². The van der Waals surface area contributed by atoms with Gasteiger partial charge in [0.25, 0.3) is 5.91 Å². The van der Waals surface area contributed by atoms with E-state index in [4.69, 9.17) is 4.74 Å². The van der Waals surface area contributed by atoms with Gasteiger partial charge < -0.3 is 10.1 Å². The lowest BCUT2D eigenvalue weighted by molar-refractivity contribution is 0.102. The molecule has 3 aromatic rings. The first-order valence-corrected chi connectivity index (χ1v) is 11.5. The number of rotatable bonds is 8. The van der Waals surface area contributed by atoms with E-state index in [0.717, 1.165) is 16.8 Å². The van der Waals surface area contributed by atoms with Gasteiger partial charge in [-0.2, -0.15) is 0 Å². The van der Waals surface area contributed by atoms with Gasteiger partial charge in [-0.05, 0) is 17.7 Å². The second-order valence-electron chi connectivity index (χ2n) is 6.25. The number of amides is 1. The van der Waals surface area contributed by atoms with Crippen LogP contribution in [-0.2, 0) is 16.3 Å². The van der Waals surface area contributed by atoms with Crippen LogP contribution in [0.5, 0.6) is 5.75 Å². The van der Waals surface area contributed by atoms with E-state index in [-0.39, 0.29) is 18.3 Å². The lowest BCUT2D eigenvalue weighted by Crippen LogP contribution is -2.13. The Hall–Kier alpha value is -2.71. The Morgan fingerprint density at radius 1 is 1.14 bits per heavy atom. The summed E-state index contributed by atoms with van der Waals surface area (Å²) in [5.41, 5.74) is 2.06. The molecule has 0 aliphatic rings. The van der Waals surface area contributed by atoms with Crippen molar-refractivity contribution in [2.75, 3.05) is 23.9 Å². The molecule has 0 bridgehead atoms. The van der Waals surface area contributed by atoms with Crippen molar-refractivity contribution in [3.05, 3.63) is 76.2 Å². The summed E-state index contributed by atoms with van der Waals surface area (Å²) < 4.78 is 27.8. The van der Waals surface area contributed by atoms with Crippen molar-refractivity contribution < 1.29 is 17.9 Å². The van der Waals surface area contributed by atoms with Gasteiger partial charge in [0.1, 0.15) is 18.1 Å². The third-order valence-corrected chi connectivity index (χ3v) is 5.55. The van der Waals surface area contributed by atoms with Crippen LogP contribution in [-0.4, -0.2) is 37.9 Å². The maximum absolute atomic E-state index is 12.4. The number of nitrogens with zero attached hydrogens (tertiary/aromatic N) is 1. The number of carbonyl (C=O) groups is 1. The molecule has 3 rings (SSSR count). The van der Waals surface area contributed by atoms with Crippen molar-refractivity contribution in [1.82, 2.24) is 4.98 Å². The molecule has 146 valence electrons. The second-order valence-corrected chi connectivity index (χ2v) is 9.45. The number of hydrogen-bond donors (Lipinski definition) is 1. The SMILES string of the molecule is CS(=O)(=O)CCOc1cccc(NC(=O)c2csc(Cc3ccccc3)n2)c1. The minimum absolute atomic E-state index is 0.0607. The number of ether oxygens (including phenoxy) is 1. The molecule has 0 saturated heterocycles. The van der Waals surface area contributed by atoms with Crippen LogP contribution in [0.1, 0.15) is 21.1 Å². The summed E-state index contributed by atoms with van der Waals surface area (Å²) >= 11 is 1.45. The zero-order valence-corrected chi connectivity index (χ0v) is 16.9. The predicted molar refractivity (Wildman–Crippen MR) is 111 cm³/mol. The molecule has 2 aromatic carbocycles. The number of benzene rings is 2. The molecule has 1 aromatic heterocycles. The van der Waals surface area contributed by atoms with Crippen molar-refractivity contribution >= 4 is 32.8 Å². The molecule has 0 spiro atoms. The topological polar surface area (TPSA) is 85.4 Å². The zero-order valence-electron chi connectivity index (χ0n) is 15.3. The maximum atomic E-state index is 12.4. The summed E-state index contributed by atoms with van der Waals surface area (Å²) in [5.74, 6) is 0.125. The molecule has 0 atom stereocenters. The van der Waals surface area contributed by atoms with Gasteiger partial charge in [-0.1, -0.05) is 36.4 Å². The Bertz CT molecular complexity index is 1050. The van der Waals surface area contributed by atoms with E-state index in [9.17, 15) is 13.2 Å². The first-order chi connectivity index (χ1) is 13.4. The molecule has 0 radical (unpaired) electrons. The average Bonchev–Trinajstić information content (AvgIpc) is 3.10. The number of hydrogen-bond acceptors (Lipinski definition) is 6. The highest BCUT2D eigenvalue weighted by molar-refractivity contribution is 7.90. The molecule has 0 aliphatic carbocycles. The van der Waals surface area contributed by atoms with Crippen molar-refractivity contribution in [3.8, 4) is 5.75 Å². The summed E-state index contributed by atoms with van der Waals surface area (Å²) in [5, 5.41) is 5.40. The molecular weight excluding hydrogens is 396 g/mol. The number of sulfone groups is 1. The fraction of sp³-hybridized carbons (Fsp3) is 0.200. The zero-order chi connectivity index (χ0) is 20.0. The average molecular weight is 417 g/mol.